The summed E-state index contributed by atoms with van der Waals surface area (Å²) in [5.41, 5.74) is -2.45. The van der Waals surface area contributed by atoms with E-state index < -0.39 is 65.3 Å². The van der Waals surface area contributed by atoms with Gasteiger partial charge in [0.25, 0.3) is 0 Å². The Morgan fingerprint density at radius 3 is 2.30 bits per heavy atom. The molecule has 1 saturated heterocycles. The van der Waals surface area contributed by atoms with E-state index in [0.29, 0.717) is 19.3 Å². The number of ether oxygens (including phenoxy) is 2. The second kappa shape index (κ2) is 13.7. The van der Waals surface area contributed by atoms with E-state index in [9.17, 15) is 39.9 Å². The fraction of sp³-hybridized carbons (Fsp3) is 0.621. The molecule has 8 nitrogen and oxygen atoms in total. The van der Waals surface area contributed by atoms with Gasteiger partial charge in [0.15, 0.2) is 17.4 Å². The van der Waals surface area contributed by atoms with Crippen molar-refractivity contribution in [1.29, 1.82) is 0 Å². The molecule has 1 saturated carbocycles. The number of likely N-dealkylation sites (tertiary alicyclic amines) is 1. The number of benzene rings is 1. The molecule has 1 aromatic carbocycles. The maximum atomic E-state index is 15.4. The Morgan fingerprint density at radius 1 is 1.06 bits per heavy atom. The molecule has 47 heavy (non-hydrogen) atoms. The van der Waals surface area contributed by atoms with Crippen LogP contribution in [0.1, 0.15) is 80.0 Å². The van der Waals surface area contributed by atoms with Gasteiger partial charge in [-0.05, 0) is 51.3 Å². The third kappa shape index (κ3) is 7.57. The number of piperidine rings is 1. The molecule has 1 unspecified atom stereocenters. The van der Waals surface area contributed by atoms with E-state index in [-0.39, 0.29) is 72.9 Å². The van der Waals surface area contributed by atoms with Crippen LogP contribution in [0.5, 0.6) is 11.5 Å². The summed E-state index contributed by atoms with van der Waals surface area (Å²) in [6.45, 7) is -1.75. The zero-order chi connectivity index (χ0) is 34.1. The van der Waals surface area contributed by atoms with Crippen LogP contribution in [0, 0.1) is 11.7 Å². The number of nitrogens with zero attached hydrogens (tertiary/aromatic N) is 3. The number of H-pyrrole nitrogens is 1. The molecule has 18 heteroatoms. The summed E-state index contributed by atoms with van der Waals surface area (Å²) in [6, 6.07) is 1.52. The molecule has 2 fully saturated rings. The van der Waals surface area contributed by atoms with Gasteiger partial charge in [-0.2, -0.15) is 35.1 Å². The van der Waals surface area contributed by atoms with Crippen LogP contribution in [-0.4, -0.2) is 52.1 Å². The van der Waals surface area contributed by atoms with E-state index in [2.05, 4.69) is 24.4 Å². The number of halogens is 9. The van der Waals surface area contributed by atoms with Crippen molar-refractivity contribution in [2.45, 2.75) is 95.3 Å². The molecule has 2 aliphatic rings. The lowest BCUT2D eigenvalue weighted by Gasteiger charge is -2.37. The van der Waals surface area contributed by atoms with Gasteiger partial charge in [0, 0.05) is 12.6 Å². The average molecular weight is 703 g/mol. The van der Waals surface area contributed by atoms with Crippen molar-refractivity contribution >= 4 is 11.3 Å². The van der Waals surface area contributed by atoms with Gasteiger partial charge < -0.3 is 9.47 Å². The van der Waals surface area contributed by atoms with Gasteiger partial charge in [-0.1, -0.05) is 31.3 Å². The molecule has 1 atom stereocenters. The molecule has 260 valence electrons. The molecular formula is C29H31F9N4O4S. The fourth-order valence-corrected chi connectivity index (χ4v) is 7.62. The Morgan fingerprint density at radius 2 is 1.74 bits per heavy atom. The van der Waals surface area contributed by atoms with E-state index in [0.717, 1.165) is 23.5 Å². The van der Waals surface area contributed by atoms with E-state index in [1.165, 1.54) is 0 Å². The Kier molecular flexibility index (Phi) is 10.2. The topological polar surface area (TPSA) is 93.5 Å². The summed E-state index contributed by atoms with van der Waals surface area (Å²) in [5.74, 6) is -5.25. The monoisotopic (exact) mass is 702 g/mol. The lowest BCUT2D eigenvalue weighted by Crippen LogP contribution is -2.44. The van der Waals surface area contributed by atoms with Crippen molar-refractivity contribution in [2.75, 3.05) is 13.1 Å². The highest BCUT2D eigenvalue weighted by Crippen LogP contribution is 2.53. The zero-order valence-corrected chi connectivity index (χ0v) is 25.8. The first kappa shape index (κ1) is 35.0. The highest BCUT2D eigenvalue weighted by molar-refractivity contribution is 7.12. The molecule has 3 aromatic rings. The maximum Gasteiger partial charge on any atom is 0.439 e. The third-order valence-corrected chi connectivity index (χ3v) is 10.1. The van der Waals surface area contributed by atoms with E-state index in [4.69, 9.17) is 4.74 Å². The highest BCUT2D eigenvalue weighted by Gasteiger charge is 2.58. The summed E-state index contributed by atoms with van der Waals surface area (Å²) >= 11 is 0.762. The average Bonchev–Trinajstić information content (AvgIpc) is 3.63. The second-order valence-electron chi connectivity index (χ2n) is 11.7. The number of nitrogens with one attached hydrogen (secondary N) is 1. The number of hydrogen-bond donors (Lipinski definition) is 1. The summed E-state index contributed by atoms with van der Waals surface area (Å²) in [4.78, 5) is 19.9. The summed E-state index contributed by atoms with van der Waals surface area (Å²) in [7, 11) is 0. The van der Waals surface area contributed by atoms with Crippen LogP contribution in [0.4, 0.5) is 39.5 Å². The highest BCUT2D eigenvalue weighted by atomic mass is 32.1. The molecule has 0 spiro atoms. The normalized spacial score (nSPS) is 18.9. The van der Waals surface area contributed by atoms with Crippen molar-refractivity contribution in [3.63, 3.8) is 0 Å². The lowest BCUT2D eigenvalue weighted by molar-refractivity contribution is -0.199. The smallest absolute Gasteiger partial charge is 0.439 e. The first-order valence-corrected chi connectivity index (χ1v) is 15.8. The van der Waals surface area contributed by atoms with Gasteiger partial charge in [-0.3, -0.25) is 14.4 Å². The Labute approximate surface area is 266 Å². The SMILES string of the molecule is CCC(Oc1cc(OC(F)F)c(-c2noc(=O)[nH]2)cc1F)c1sc(C2(C(F)(F)F)CCCCC2)nc1CN1CCC(C(F)(F)F)CC1. The first-order valence-electron chi connectivity index (χ1n) is 15.0. The van der Waals surface area contributed by atoms with Crippen molar-refractivity contribution in [3.05, 3.63) is 44.1 Å². The molecule has 2 aromatic heterocycles. The van der Waals surface area contributed by atoms with Crippen LogP contribution < -0.4 is 15.2 Å². The molecule has 1 N–H and O–H groups in total. The summed E-state index contributed by atoms with van der Waals surface area (Å²) in [6.07, 6.45) is -9.52. The van der Waals surface area contributed by atoms with Crippen molar-refractivity contribution in [3.8, 4) is 22.9 Å². The fourth-order valence-electron chi connectivity index (χ4n) is 6.16. The predicted octanol–water partition coefficient (Wildman–Crippen LogP) is 8.30. The number of rotatable bonds is 10. The zero-order valence-electron chi connectivity index (χ0n) is 24.9. The predicted molar refractivity (Wildman–Crippen MR) is 150 cm³/mol. The van der Waals surface area contributed by atoms with E-state index >= 15 is 4.39 Å². The number of hydrogen-bond acceptors (Lipinski definition) is 8. The van der Waals surface area contributed by atoms with Crippen molar-refractivity contribution in [2.24, 2.45) is 5.92 Å². The third-order valence-electron chi connectivity index (χ3n) is 8.69. The minimum Gasteiger partial charge on any atom is -0.482 e. The van der Waals surface area contributed by atoms with Crippen LogP contribution in [-0.2, 0) is 12.0 Å². The molecule has 5 rings (SSSR count). The minimum absolute atomic E-state index is 0.0348. The van der Waals surface area contributed by atoms with Crippen LogP contribution in [0.3, 0.4) is 0 Å². The molecular weight excluding hydrogens is 671 g/mol. The van der Waals surface area contributed by atoms with Crippen LogP contribution in [0.2, 0.25) is 0 Å². The van der Waals surface area contributed by atoms with Gasteiger partial charge in [0.1, 0.15) is 22.3 Å². The maximum absolute atomic E-state index is 15.4. The summed E-state index contributed by atoms with van der Waals surface area (Å²) < 4.78 is 141. The second-order valence-corrected chi connectivity index (χ2v) is 12.7. The van der Waals surface area contributed by atoms with Crippen LogP contribution in [0.25, 0.3) is 11.4 Å². The van der Waals surface area contributed by atoms with Gasteiger partial charge in [0.2, 0.25) is 0 Å². The lowest BCUT2D eigenvalue weighted by atomic mass is 9.74. The minimum atomic E-state index is -4.64. The molecule has 0 amide bonds. The van der Waals surface area contributed by atoms with Crippen molar-refractivity contribution < 1.29 is 53.5 Å². The largest absolute Gasteiger partial charge is 0.482 e. The van der Waals surface area contributed by atoms with E-state index in [1.54, 1.807) is 11.8 Å². The Hall–Kier alpha value is -3.28. The molecule has 1 aliphatic heterocycles. The summed E-state index contributed by atoms with van der Waals surface area (Å²) in [5, 5.41) is 3.17. The molecule has 0 bridgehead atoms. The number of aromatic nitrogens is 3. The van der Waals surface area contributed by atoms with E-state index in [1.807, 2.05) is 0 Å². The Balaban J connectivity index is 1.52. The number of thiazole rings is 1. The van der Waals surface area contributed by atoms with Crippen LogP contribution >= 0.6 is 11.3 Å². The van der Waals surface area contributed by atoms with Gasteiger partial charge in [0.05, 0.1) is 22.1 Å². The quantitative estimate of drug-likeness (QED) is 0.213. The van der Waals surface area contributed by atoms with Gasteiger partial charge >= 0.3 is 24.7 Å². The van der Waals surface area contributed by atoms with Crippen molar-refractivity contribution in [1.82, 2.24) is 20.0 Å². The molecule has 3 heterocycles. The number of alkyl halides is 8. The standard InChI is InChI=1S/C29H31F9N4O4S/c1-2-19(44-21-13-20(45-25(31)32)16(12-17(21)30)23-40-26(43)46-41-23)22-18(14-42-10-6-15(7-11-42)28(33,34)35)39-24(47-22)27(29(36,37)38)8-4-3-5-9-27/h12-13,15,19,25H,2-11,14H2,1H3,(H,40,41,43). The van der Waals surface area contributed by atoms with Gasteiger partial charge in [-0.15, -0.1) is 11.3 Å². The molecule has 1 aliphatic carbocycles. The molecule has 0 radical (unpaired) electrons. The number of aromatic amines is 1. The van der Waals surface area contributed by atoms with Gasteiger partial charge in [-0.25, -0.2) is 14.2 Å². The first-order chi connectivity index (χ1) is 22.1. The van der Waals surface area contributed by atoms with Crippen LogP contribution in [0.15, 0.2) is 21.5 Å². The Bertz CT molecular complexity index is 1570.